The summed E-state index contributed by atoms with van der Waals surface area (Å²) >= 11 is 1.28. The van der Waals surface area contributed by atoms with E-state index >= 15 is 0 Å². The van der Waals surface area contributed by atoms with Crippen LogP contribution in [-0.4, -0.2) is 50.4 Å². The molecular weight excluding hydrogens is 364 g/mol. The first kappa shape index (κ1) is 20.1. The predicted octanol–water partition coefficient (Wildman–Crippen LogP) is 2.68. The van der Waals surface area contributed by atoms with Crippen molar-refractivity contribution < 1.29 is 18.3 Å². The van der Waals surface area contributed by atoms with Gasteiger partial charge in [-0.3, -0.25) is 4.79 Å². The summed E-state index contributed by atoms with van der Waals surface area (Å²) < 4.78 is 30.3. The SMILES string of the molecule is CC(C)Cn1nnnc1SCC(=O)N(C)Cc1ccc(OC(F)F)cc1. The maximum absolute atomic E-state index is 12.3. The highest BCUT2D eigenvalue weighted by molar-refractivity contribution is 7.99. The number of tetrazole rings is 1. The molecule has 10 heteroatoms. The van der Waals surface area contributed by atoms with Gasteiger partial charge in [0, 0.05) is 20.1 Å². The standard InChI is InChI=1S/C16H21F2N5O2S/c1-11(2)8-23-16(19-20-21-23)26-10-14(24)22(3)9-12-4-6-13(7-5-12)25-15(17)18/h4-7,11,15H,8-10H2,1-3H3. The van der Waals surface area contributed by atoms with Gasteiger partial charge in [-0.25, -0.2) is 4.68 Å². The highest BCUT2D eigenvalue weighted by atomic mass is 32.2. The van der Waals surface area contributed by atoms with E-state index < -0.39 is 6.61 Å². The maximum Gasteiger partial charge on any atom is 0.387 e. The minimum Gasteiger partial charge on any atom is -0.435 e. The smallest absolute Gasteiger partial charge is 0.387 e. The van der Waals surface area contributed by atoms with E-state index in [-0.39, 0.29) is 17.4 Å². The van der Waals surface area contributed by atoms with Crippen molar-refractivity contribution in [2.45, 2.75) is 38.7 Å². The summed E-state index contributed by atoms with van der Waals surface area (Å²) in [5.41, 5.74) is 0.817. The van der Waals surface area contributed by atoms with Crippen LogP contribution in [0.15, 0.2) is 29.4 Å². The molecule has 1 amide bonds. The number of aromatic nitrogens is 4. The van der Waals surface area contributed by atoms with E-state index in [2.05, 4.69) is 34.1 Å². The molecule has 0 fully saturated rings. The van der Waals surface area contributed by atoms with Gasteiger partial charge < -0.3 is 9.64 Å². The van der Waals surface area contributed by atoms with Crippen LogP contribution in [0.5, 0.6) is 5.75 Å². The Bertz CT molecular complexity index is 709. The van der Waals surface area contributed by atoms with Crippen LogP contribution in [0, 0.1) is 5.92 Å². The van der Waals surface area contributed by atoms with Crippen LogP contribution in [-0.2, 0) is 17.9 Å². The number of halogens is 2. The van der Waals surface area contributed by atoms with Crippen molar-refractivity contribution in [3.8, 4) is 5.75 Å². The largest absolute Gasteiger partial charge is 0.435 e. The van der Waals surface area contributed by atoms with E-state index in [1.807, 2.05) is 0 Å². The van der Waals surface area contributed by atoms with Crippen LogP contribution in [0.25, 0.3) is 0 Å². The molecule has 26 heavy (non-hydrogen) atoms. The second-order valence-corrected chi connectivity index (χ2v) is 7.04. The van der Waals surface area contributed by atoms with Gasteiger partial charge in [0.1, 0.15) is 5.75 Å². The number of hydrogen-bond donors (Lipinski definition) is 0. The minimum absolute atomic E-state index is 0.0815. The van der Waals surface area contributed by atoms with E-state index in [1.54, 1.807) is 28.8 Å². The number of amides is 1. The molecule has 7 nitrogen and oxygen atoms in total. The second kappa shape index (κ2) is 9.46. The molecule has 2 rings (SSSR count). The lowest BCUT2D eigenvalue weighted by Gasteiger charge is -2.17. The molecule has 0 N–H and O–H groups in total. The van der Waals surface area contributed by atoms with Crippen molar-refractivity contribution in [2.75, 3.05) is 12.8 Å². The summed E-state index contributed by atoms with van der Waals surface area (Å²) in [5.74, 6) is 0.613. The van der Waals surface area contributed by atoms with Crippen molar-refractivity contribution in [2.24, 2.45) is 5.92 Å². The third-order valence-electron chi connectivity index (χ3n) is 3.36. The summed E-state index contributed by atoms with van der Waals surface area (Å²) in [4.78, 5) is 13.9. The number of hydrogen-bond acceptors (Lipinski definition) is 6. The Labute approximate surface area is 154 Å². The number of carbonyl (C=O) groups is 1. The zero-order valence-corrected chi connectivity index (χ0v) is 15.6. The fourth-order valence-electron chi connectivity index (χ4n) is 2.14. The molecule has 0 aliphatic heterocycles. The fourth-order valence-corrected chi connectivity index (χ4v) is 2.96. The van der Waals surface area contributed by atoms with E-state index in [4.69, 9.17) is 0 Å². The summed E-state index contributed by atoms with van der Waals surface area (Å²) in [6.45, 7) is 2.33. The Morgan fingerprint density at radius 1 is 1.31 bits per heavy atom. The Morgan fingerprint density at radius 3 is 2.62 bits per heavy atom. The average Bonchev–Trinajstić information content (AvgIpc) is 3.00. The van der Waals surface area contributed by atoms with Crippen molar-refractivity contribution in [3.63, 3.8) is 0 Å². The first-order valence-corrected chi connectivity index (χ1v) is 9.00. The molecule has 0 aliphatic carbocycles. The van der Waals surface area contributed by atoms with Crippen molar-refractivity contribution in [1.29, 1.82) is 0 Å². The minimum atomic E-state index is -2.85. The molecule has 1 aromatic carbocycles. The first-order valence-electron chi connectivity index (χ1n) is 8.02. The molecule has 0 aliphatic rings. The lowest BCUT2D eigenvalue weighted by Crippen LogP contribution is -2.28. The van der Waals surface area contributed by atoms with Crippen LogP contribution in [0.2, 0.25) is 0 Å². The fraction of sp³-hybridized carbons (Fsp3) is 0.500. The van der Waals surface area contributed by atoms with Gasteiger partial charge in [-0.2, -0.15) is 8.78 Å². The Kier molecular flexibility index (Phi) is 7.31. The molecule has 1 heterocycles. The number of benzene rings is 1. The number of alkyl halides is 2. The predicted molar refractivity (Wildman–Crippen MR) is 92.9 cm³/mol. The average molecular weight is 385 g/mol. The molecule has 0 radical (unpaired) electrons. The molecule has 0 saturated carbocycles. The van der Waals surface area contributed by atoms with Gasteiger partial charge in [-0.15, -0.1) is 5.10 Å². The molecular formula is C16H21F2N5O2S. The molecule has 2 aromatic rings. The van der Waals surface area contributed by atoms with Crippen molar-refractivity contribution in [1.82, 2.24) is 25.1 Å². The Hall–Kier alpha value is -2.23. The molecule has 0 atom stereocenters. The van der Waals surface area contributed by atoms with Gasteiger partial charge in [-0.1, -0.05) is 37.7 Å². The molecule has 0 unspecified atom stereocenters. The van der Waals surface area contributed by atoms with Gasteiger partial charge in [0.15, 0.2) is 0 Å². The van der Waals surface area contributed by atoms with Gasteiger partial charge >= 0.3 is 6.61 Å². The number of carbonyl (C=O) groups excluding carboxylic acids is 1. The second-order valence-electron chi connectivity index (χ2n) is 6.10. The summed E-state index contributed by atoms with van der Waals surface area (Å²) in [5, 5.41) is 12.1. The molecule has 142 valence electrons. The van der Waals surface area contributed by atoms with Crippen molar-refractivity contribution in [3.05, 3.63) is 29.8 Å². The van der Waals surface area contributed by atoms with Gasteiger partial charge in [0.2, 0.25) is 11.1 Å². The van der Waals surface area contributed by atoms with E-state index in [0.29, 0.717) is 24.2 Å². The monoisotopic (exact) mass is 385 g/mol. The summed E-state index contributed by atoms with van der Waals surface area (Å²) in [7, 11) is 1.68. The number of thioether (sulfide) groups is 1. The summed E-state index contributed by atoms with van der Waals surface area (Å²) in [6, 6.07) is 6.21. The Balaban J connectivity index is 1.85. The van der Waals surface area contributed by atoms with E-state index in [1.165, 1.54) is 23.9 Å². The zero-order valence-electron chi connectivity index (χ0n) is 14.8. The highest BCUT2D eigenvalue weighted by Crippen LogP contribution is 2.18. The number of rotatable bonds is 9. The third-order valence-corrected chi connectivity index (χ3v) is 4.30. The Morgan fingerprint density at radius 2 is 2.00 bits per heavy atom. The number of nitrogens with zero attached hydrogens (tertiary/aromatic N) is 5. The van der Waals surface area contributed by atoms with Crippen LogP contribution in [0.4, 0.5) is 8.78 Å². The van der Waals surface area contributed by atoms with Crippen LogP contribution >= 0.6 is 11.8 Å². The molecule has 1 aromatic heterocycles. The molecule has 0 spiro atoms. The van der Waals surface area contributed by atoms with E-state index in [9.17, 15) is 13.6 Å². The third kappa shape index (κ3) is 6.25. The summed E-state index contributed by atoms with van der Waals surface area (Å²) in [6.07, 6.45) is 0. The lowest BCUT2D eigenvalue weighted by molar-refractivity contribution is -0.127. The topological polar surface area (TPSA) is 73.1 Å². The van der Waals surface area contributed by atoms with Crippen LogP contribution < -0.4 is 4.74 Å². The normalized spacial score (nSPS) is 11.2. The highest BCUT2D eigenvalue weighted by Gasteiger charge is 2.14. The molecule has 0 bridgehead atoms. The van der Waals surface area contributed by atoms with Gasteiger partial charge in [0.05, 0.1) is 5.75 Å². The van der Waals surface area contributed by atoms with Crippen LogP contribution in [0.1, 0.15) is 19.4 Å². The zero-order chi connectivity index (χ0) is 19.1. The lowest BCUT2D eigenvalue weighted by atomic mass is 10.2. The van der Waals surface area contributed by atoms with Gasteiger partial charge in [0.25, 0.3) is 0 Å². The maximum atomic E-state index is 12.3. The molecule has 0 saturated heterocycles. The van der Waals surface area contributed by atoms with Crippen molar-refractivity contribution >= 4 is 17.7 Å². The van der Waals surface area contributed by atoms with E-state index in [0.717, 1.165) is 5.56 Å². The van der Waals surface area contributed by atoms with Gasteiger partial charge in [-0.05, 0) is 34.0 Å². The number of ether oxygens (including phenoxy) is 1. The quantitative estimate of drug-likeness (QED) is 0.618. The first-order chi connectivity index (χ1) is 12.3. The van der Waals surface area contributed by atoms with Crippen LogP contribution in [0.3, 0.4) is 0 Å².